The molecule has 0 spiro atoms. The molecule has 1 amide bonds. The van der Waals surface area contributed by atoms with Crippen LogP contribution >= 0.6 is 0 Å². The van der Waals surface area contributed by atoms with Crippen LogP contribution in [-0.4, -0.2) is 5.91 Å². The maximum atomic E-state index is 11.1. The van der Waals surface area contributed by atoms with Gasteiger partial charge >= 0.3 is 0 Å². The van der Waals surface area contributed by atoms with Crippen molar-refractivity contribution in [2.75, 3.05) is 5.32 Å². The van der Waals surface area contributed by atoms with Crippen molar-refractivity contribution < 1.29 is 9.53 Å². The molecule has 0 saturated carbocycles. The van der Waals surface area contributed by atoms with Crippen LogP contribution in [0.5, 0.6) is 5.75 Å². The van der Waals surface area contributed by atoms with Crippen molar-refractivity contribution in [2.24, 2.45) is 0 Å². The number of amides is 1. The molecule has 0 unspecified atom stereocenters. The van der Waals surface area contributed by atoms with E-state index in [0.29, 0.717) is 6.61 Å². The Kier molecular flexibility index (Phi) is 4.34. The first kappa shape index (κ1) is 12.9. The van der Waals surface area contributed by atoms with Gasteiger partial charge in [0.05, 0.1) is 0 Å². The molecule has 0 aliphatic heterocycles. The molecule has 0 radical (unpaired) electrons. The Hall–Kier alpha value is -2.55. The van der Waals surface area contributed by atoms with Crippen molar-refractivity contribution >= 4 is 11.6 Å². The Morgan fingerprint density at radius 2 is 1.79 bits per heavy atom. The normalized spacial score (nSPS) is 9.68. The molecule has 0 bridgehead atoms. The van der Waals surface area contributed by atoms with E-state index in [1.165, 1.54) is 6.08 Å². The Labute approximate surface area is 112 Å². The predicted molar refractivity (Wildman–Crippen MR) is 76.0 cm³/mol. The third-order valence-electron chi connectivity index (χ3n) is 2.56. The molecule has 96 valence electrons. The first-order chi connectivity index (χ1) is 9.28. The fourth-order valence-electron chi connectivity index (χ4n) is 1.57. The second-order valence-corrected chi connectivity index (χ2v) is 3.99. The third-order valence-corrected chi connectivity index (χ3v) is 2.56. The van der Waals surface area contributed by atoms with Gasteiger partial charge in [-0.2, -0.15) is 0 Å². The molecule has 2 rings (SSSR count). The summed E-state index contributed by atoms with van der Waals surface area (Å²) < 4.78 is 5.65. The molecular weight excluding hydrogens is 238 g/mol. The molecular formula is C16H15NO2. The van der Waals surface area contributed by atoms with Gasteiger partial charge in [0.25, 0.3) is 0 Å². The van der Waals surface area contributed by atoms with Gasteiger partial charge in [-0.15, -0.1) is 0 Å². The van der Waals surface area contributed by atoms with Gasteiger partial charge in [-0.3, -0.25) is 4.79 Å². The van der Waals surface area contributed by atoms with Crippen molar-refractivity contribution in [2.45, 2.75) is 6.61 Å². The van der Waals surface area contributed by atoms with E-state index in [9.17, 15) is 4.79 Å². The second-order valence-electron chi connectivity index (χ2n) is 3.99. The standard InChI is InChI=1S/C16H15NO2/c1-2-16(18)17-14-8-10-15(11-9-14)19-12-13-6-4-3-5-7-13/h2-11H,1,12H2,(H,17,18). The van der Waals surface area contributed by atoms with Gasteiger partial charge in [0, 0.05) is 5.69 Å². The molecule has 3 heteroatoms. The van der Waals surface area contributed by atoms with Gasteiger partial charge in [-0.25, -0.2) is 0 Å². The van der Waals surface area contributed by atoms with Crippen molar-refractivity contribution in [3.05, 3.63) is 72.8 Å². The molecule has 0 aliphatic carbocycles. The molecule has 0 fully saturated rings. The zero-order chi connectivity index (χ0) is 13.5. The Bertz CT molecular complexity index is 547. The van der Waals surface area contributed by atoms with Crippen molar-refractivity contribution in [3.8, 4) is 5.75 Å². The second kappa shape index (κ2) is 6.40. The molecule has 19 heavy (non-hydrogen) atoms. The molecule has 2 aromatic carbocycles. The summed E-state index contributed by atoms with van der Waals surface area (Å²) in [5, 5.41) is 2.68. The van der Waals surface area contributed by atoms with Crippen LogP contribution in [0.25, 0.3) is 0 Å². The maximum absolute atomic E-state index is 11.1. The molecule has 0 aromatic heterocycles. The zero-order valence-corrected chi connectivity index (χ0v) is 10.5. The quantitative estimate of drug-likeness (QED) is 0.829. The summed E-state index contributed by atoms with van der Waals surface area (Å²) in [4.78, 5) is 11.1. The molecule has 3 nitrogen and oxygen atoms in total. The van der Waals surface area contributed by atoms with Crippen LogP contribution in [0.3, 0.4) is 0 Å². The summed E-state index contributed by atoms with van der Waals surface area (Å²) >= 11 is 0. The monoisotopic (exact) mass is 253 g/mol. The SMILES string of the molecule is C=CC(=O)Nc1ccc(OCc2ccccc2)cc1. The van der Waals surface area contributed by atoms with E-state index in [2.05, 4.69) is 11.9 Å². The fraction of sp³-hybridized carbons (Fsp3) is 0.0625. The zero-order valence-electron chi connectivity index (χ0n) is 10.5. The fourth-order valence-corrected chi connectivity index (χ4v) is 1.57. The first-order valence-electron chi connectivity index (χ1n) is 5.98. The summed E-state index contributed by atoms with van der Waals surface area (Å²) in [6.07, 6.45) is 1.24. The van der Waals surface area contributed by atoms with Gasteiger partial charge in [0.2, 0.25) is 5.91 Å². The number of ether oxygens (including phenoxy) is 1. The largest absolute Gasteiger partial charge is 0.489 e. The highest BCUT2D eigenvalue weighted by atomic mass is 16.5. The van der Waals surface area contributed by atoms with Crippen LogP contribution in [0.15, 0.2) is 67.3 Å². The lowest BCUT2D eigenvalue weighted by Gasteiger charge is -2.07. The highest BCUT2D eigenvalue weighted by Gasteiger charge is 1.98. The van der Waals surface area contributed by atoms with Crippen molar-refractivity contribution in [1.29, 1.82) is 0 Å². The average Bonchev–Trinajstić information content (AvgIpc) is 2.47. The smallest absolute Gasteiger partial charge is 0.247 e. The Morgan fingerprint density at radius 1 is 1.11 bits per heavy atom. The molecule has 0 aliphatic rings. The van der Waals surface area contributed by atoms with Gasteiger partial charge in [-0.1, -0.05) is 36.9 Å². The van der Waals surface area contributed by atoms with Crippen LogP contribution in [-0.2, 0) is 11.4 Å². The van der Waals surface area contributed by atoms with E-state index in [4.69, 9.17) is 4.74 Å². The lowest BCUT2D eigenvalue weighted by atomic mass is 10.2. The maximum Gasteiger partial charge on any atom is 0.247 e. The molecule has 0 saturated heterocycles. The number of benzene rings is 2. The summed E-state index contributed by atoms with van der Waals surface area (Å²) in [5.74, 6) is 0.540. The van der Waals surface area contributed by atoms with E-state index in [-0.39, 0.29) is 5.91 Å². The first-order valence-corrected chi connectivity index (χ1v) is 5.98. The predicted octanol–water partition coefficient (Wildman–Crippen LogP) is 3.39. The van der Waals surface area contributed by atoms with E-state index >= 15 is 0 Å². The third kappa shape index (κ3) is 4.00. The van der Waals surface area contributed by atoms with Gasteiger partial charge < -0.3 is 10.1 Å². The van der Waals surface area contributed by atoms with E-state index < -0.39 is 0 Å². The summed E-state index contributed by atoms with van der Waals surface area (Å²) in [5.41, 5.74) is 1.84. The number of carbonyl (C=O) groups is 1. The van der Waals surface area contributed by atoms with Gasteiger partial charge in [0.15, 0.2) is 0 Å². The summed E-state index contributed by atoms with van der Waals surface area (Å²) in [6, 6.07) is 17.2. The minimum absolute atomic E-state index is 0.224. The highest BCUT2D eigenvalue weighted by molar-refractivity contribution is 5.98. The van der Waals surface area contributed by atoms with E-state index in [1.807, 2.05) is 42.5 Å². The Balaban J connectivity index is 1.92. The molecule has 2 aromatic rings. The van der Waals surface area contributed by atoms with Crippen LogP contribution in [0.2, 0.25) is 0 Å². The topological polar surface area (TPSA) is 38.3 Å². The minimum atomic E-state index is -0.224. The molecule has 1 N–H and O–H groups in total. The highest BCUT2D eigenvalue weighted by Crippen LogP contribution is 2.17. The average molecular weight is 253 g/mol. The van der Waals surface area contributed by atoms with E-state index in [0.717, 1.165) is 17.0 Å². The van der Waals surface area contributed by atoms with Crippen molar-refractivity contribution in [1.82, 2.24) is 0 Å². The number of nitrogens with one attached hydrogen (secondary N) is 1. The number of rotatable bonds is 5. The number of carbonyl (C=O) groups excluding carboxylic acids is 1. The van der Waals surface area contributed by atoms with Crippen LogP contribution in [0, 0.1) is 0 Å². The van der Waals surface area contributed by atoms with Gasteiger partial charge in [-0.05, 0) is 35.9 Å². The number of anilines is 1. The minimum Gasteiger partial charge on any atom is -0.489 e. The number of hydrogen-bond acceptors (Lipinski definition) is 2. The molecule has 0 heterocycles. The summed E-state index contributed by atoms with van der Waals surface area (Å²) in [6.45, 7) is 3.93. The van der Waals surface area contributed by atoms with Crippen LogP contribution in [0.4, 0.5) is 5.69 Å². The van der Waals surface area contributed by atoms with Crippen LogP contribution in [0.1, 0.15) is 5.56 Å². The molecule has 0 atom stereocenters. The Morgan fingerprint density at radius 3 is 2.42 bits per heavy atom. The lowest BCUT2D eigenvalue weighted by Crippen LogP contribution is -2.06. The van der Waals surface area contributed by atoms with E-state index in [1.54, 1.807) is 12.1 Å². The summed E-state index contributed by atoms with van der Waals surface area (Å²) in [7, 11) is 0. The lowest BCUT2D eigenvalue weighted by molar-refractivity contribution is -0.111. The van der Waals surface area contributed by atoms with Crippen LogP contribution < -0.4 is 10.1 Å². The number of hydrogen-bond donors (Lipinski definition) is 1. The van der Waals surface area contributed by atoms with Gasteiger partial charge in [0.1, 0.15) is 12.4 Å². The van der Waals surface area contributed by atoms with Crippen molar-refractivity contribution in [3.63, 3.8) is 0 Å².